The summed E-state index contributed by atoms with van der Waals surface area (Å²) in [6.45, 7) is 0. The Kier molecular flexibility index (Phi) is 3.07. The van der Waals surface area contributed by atoms with Crippen LogP contribution in [0.25, 0.3) is 0 Å². The van der Waals surface area contributed by atoms with Crippen molar-refractivity contribution >= 4 is 12.0 Å². The molecule has 2 heterocycles. The highest BCUT2D eigenvalue weighted by Gasteiger charge is 2.73. The number of carbonyl (C=O) groups excluding carboxylic acids is 1. The number of benzene rings is 2. The van der Waals surface area contributed by atoms with E-state index in [1.54, 1.807) is 23.9 Å². The van der Waals surface area contributed by atoms with Crippen LogP contribution in [0.3, 0.4) is 0 Å². The lowest BCUT2D eigenvalue weighted by atomic mass is 9.81. The van der Waals surface area contributed by atoms with Crippen molar-refractivity contribution in [3.05, 3.63) is 71.8 Å². The van der Waals surface area contributed by atoms with E-state index >= 15 is 0 Å². The van der Waals surface area contributed by atoms with Crippen LogP contribution in [-0.2, 0) is 11.3 Å². The van der Waals surface area contributed by atoms with E-state index in [-0.39, 0.29) is 12.0 Å². The number of nitrogens with zero attached hydrogens (tertiary/aromatic N) is 4. The molecule has 2 aromatic carbocycles. The molecular formula is C18H20N6O. The topological polar surface area (TPSA) is 91.2 Å². The van der Waals surface area contributed by atoms with Crippen LogP contribution in [0.4, 0.5) is 4.79 Å². The van der Waals surface area contributed by atoms with E-state index in [0.29, 0.717) is 0 Å². The Balaban J connectivity index is 2.12. The van der Waals surface area contributed by atoms with Crippen LogP contribution in [0.1, 0.15) is 11.1 Å². The van der Waals surface area contributed by atoms with Gasteiger partial charge in [0.05, 0.1) is 0 Å². The first-order valence-electron chi connectivity index (χ1n) is 8.01. The van der Waals surface area contributed by atoms with E-state index in [4.69, 9.17) is 16.6 Å². The Morgan fingerprint density at radius 3 is 1.96 bits per heavy atom. The molecule has 25 heavy (non-hydrogen) atoms. The van der Waals surface area contributed by atoms with Crippen molar-refractivity contribution < 1.29 is 4.79 Å². The number of fused-ring (bicyclic) bond motifs is 1. The average Bonchev–Trinajstić information content (AvgIpc) is 2.99. The number of carbonyl (C=O) groups is 1. The number of likely N-dealkylation sites (N-methyl/N-ethyl adjacent to an activating group) is 2. The first-order chi connectivity index (χ1) is 12.0. The Labute approximate surface area is 146 Å². The normalized spacial score (nSPS) is 28.4. The zero-order valence-electron chi connectivity index (χ0n) is 14.1. The predicted molar refractivity (Wildman–Crippen MR) is 94.8 cm³/mol. The Morgan fingerprint density at radius 2 is 1.40 bits per heavy atom. The molecule has 2 aliphatic heterocycles. The predicted octanol–water partition coefficient (Wildman–Crippen LogP) is 1.19. The molecule has 1 saturated heterocycles. The molecule has 2 aliphatic rings. The molecule has 128 valence electrons. The maximum Gasteiger partial charge on any atom is 0.324 e. The second-order valence-electron chi connectivity index (χ2n) is 6.32. The van der Waals surface area contributed by atoms with Crippen molar-refractivity contribution in [3.63, 3.8) is 0 Å². The monoisotopic (exact) mass is 336 g/mol. The van der Waals surface area contributed by atoms with Crippen LogP contribution in [0.2, 0.25) is 0 Å². The molecule has 4 rings (SSSR count). The molecule has 0 aromatic heterocycles. The average molecular weight is 336 g/mol. The molecule has 1 fully saturated rings. The maximum absolute atomic E-state index is 13.0. The molecule has 0 unspecified atom stereocenters. The van der Waals surface area contributed by atoms with Gasteiger partial charge in [-0.15, -0.1) is 0 Å². The summed E-state index contributed by atoms with van der Waals surface area (Å²) in [5.41, 5.74) is 5.69. The summed E-state index contributed by atoms with van der Waals surface area (Å²) in [5, 5.41) is 1.40. The van der Waals surface area contributed by atoms with Gasteiger partial charge in [-0.1, -0.05) is 60.7 Å². The van der Waals surface area contributed by atoms with Crippen LogP contribution in [0.15, 0.2) is 65.7 Å². The van der Waals surface area contributed by atoms with Gasteiger partial charge in [-0.3, -0.25) is 9.80 Å². The van der Waals surface area contributed by atoms with Crippen molar-refractivity contribution in [1.82, 2.24) is 14.8 Å². The highest BCUT2D eigenvalue weighted by molar-refractivity contribution is 5.89. The number of hydrogen-bond donors (Lipinski definition) is 2. The standard InChI is InChI=1S/C18H20N6O/c1-22-16(25)23(2)18(14-11-7-4-8-12-14)17(22,21-15(19)24(18)20)13-9-5-3-6-10-13/h3-12H,20H2,1-2H3,(H2,19,21)/t17-,18-/m0/s1. The first-order valence-corrected chi connectivity index (χ1v) is 8.01. The Hall–Kier alpha value is -3.06. The summed E-state index contributed by atoms with van der Waals surface area (Å²) >= 11 is 0. The first kappa shape index (κ1) is 15.5. The van der Waals surface area contributed by atoms with E-state index in [1.807, 2.05) is 60.7 Å². The zero-order valence-corrected chi connectivity index (χ0v) is 14.1. The minimum absolute atomic E-state index is 0.180. The minimum Gasteiger partial charge on any atom is -0.369 e. The van der Waals surface area contributed by atoms with Gasteiger partial charge in [0.1, 0.15) is 0 Å². The zero-order chi connectivity index (χ0) is 17.8. The lowest BCUT2D eigenvalue weighted by molar-refractivity contribution is -0.0185. The van der Waals surface area contributed by atoms with Crippen molar-refractivity contribution in [2.45, 2.75) is 11.3 Å². The van der Waals surface area contributed by atoms with Crippen LogP contribution in [0, 0.1) is 0 Å². The van der Waals surface area contributed by atoms with Gasteiger partial charge in [-0.05, 0) is 0 Å². The Morgan fingerprint density at radius 1 is 0.880 bits per heavy atom. The number of rotatable bonds is 2. The third kappa shape index (κ3) is 1.58. The van der Waals surface area contributed by atoms with Gasteiger partial charge < -0.3 is 5.73 Å². The summed E-state index contributed by atoms with van der Waals surface area (Å²) in [4.78, 5) is 20.9. The molecule has 7 heteroatoms. The number of guanidine groups is 1. The SMILES string of the molecule is CN1C(=O)N(C)[C@]2(c3ccccc3)N=C(N)N(N)[C@]12c1ccccc1. The lowest BCUT2D eigenvalue weighted by Gasteiger charge is -2.46. The summed E-state index contributed by atoms with van der Waals surface area (Å²) in [6, 6.07) is 19.1. The number of hydrogen-bond acceptors (Lipinski definition) is 5. The highest BCUT2D eigenvalue weighted by Crippen LogP contribution is 2.57. The third-order valence-electron chi connectivity index (χ3n) is 5.26. The molecule has 0 aliphatic carbocycles. The van der Waals surface area contributed by atoms with Crippen LogP contribution in [-0.4, -0.2) is 40.9 Å². The summed E-state index contributed by atoms with van der Waals surface area (Å²) in [6.07, 6.45) is 0. The molecule has 0 bridgehead atoms. The molecule has 2 atom stereocenters. The van der Waals surface area contributed by atoms with Gasteiger partial charge >= 0.3 is 6.03 Å². The number of hydrazine groups is 1. The second kappa shape index (κ2) is 4.97. The molecule has 0 saturated carbocycles. The number of urea groups is 1. The summed E-state index contributed by atoms with van der Waals surface area (Å²) in [5.74, 6) is 6.60. The Bertz CT molecular complexity index is 854. The van der Waals surface area contributed by atoms with Crippen LogP contribution < -0.4 is 11.6 Å². The smallest absolute Gasteiger partial charge is 0.324 e. The third-order valence-corrected chi connectivity index (χ3v) is 5.26. The molecule has 2 amide bonds. The van der Waals surface area contributed by atoms with E-state index < -0.39 is 11.3 Å². The van der Waals surface area contributed by atoms with Crippen LogP contribution >= 0.6 is 0 Å². The number of nitrogens with two attached hydrogens (primary N) is 2. The van der Waals surface area contributed by atoms with E-state index in [1.165, 1.54) is 5.01 Å². The fourth-order valence-corrected chi connectivity index (χ4v) is 4.17. The molecule has 2 aromatic rings. The van der Waals surface area contributed by atoms with E-state index in [0.717, 1.165) is 11.1 Å². The minimum atomic E-state index is -1.08. The van der Waals surface area contributed by atoms with Gasteiger partial charge in [0.25, 0.3) is 0 Å². The van der Waals surface area contributed by atoms with Crippen molar-refractivity contribution in [2.24, 2.45) is 16.6 Å². The quantitative estimate of drug-likeness (QED) is 0.806. The lowest BCUT2D eigenvalue weighted by Crippen LogP contribution is -2.64. The van der Waals surface area contributed by atoms with E-state index in [2.05, 4.69) is 0 Å². The largest absolute Gasteiger partial charge is 0.369 e. The highest BCUT2D eigenvalue weighted by atomic mass is 16.2. The van der Waals surface area contributed by atoms with Gasteiger partial charge in [-0.25, -0.2) is 20.6 Å². The van der Waals surface area contributed by atoms with Crippen molar-refractivity contribution in [3.8, 4) is 0 Å². The molecule has 0 radical (unpaired) electrons. The molecule has 4 N–H and O–H groups in total. The summed E-state index contributed by atoms with van der Waals surface area (Å²) in [7, 11) is 3.46. The van der Waals surface area contributed by atoms with Crippen LogP contribution in [0.5, 0.6) is 0 Å². The fraction of sp³-hybridized carbons (Fsp3) is 0.222. The molecule has 0 spiro atoms. The van der Waals surface area contributed by atoms with Gasteiger partial charge in [0.2, 0.25) is 17.3 Å². The van der Waals surface area contributed by atoms with Crippen molar-refractivity contribution in [1.29, 1.82) is 0 Å². The molecular weight excluding hydrogens is 316 g/mol. The van der Waals surface area contributed by atoms with Gasteiger partial charge in [0, 0.05) is 25.2 Å². The summed E-state index contributed by atoms with van der Waals surface area (Å²) < 4.78 is 0. The van der Waals surface area contributed by atoms with Gasteiger partial charge in [-0.2, -0.15) is 0 Å². The molecule has 7 nitrogen and oxygen atoms in total. The fourth-order valence-electron chi connectivity index (χ4n) is 4.17. The number of aliphatic imine (C=N–C) groups is 1. The van der Waals surface area contributed by atoms with E-state index in [9.17, 15) is 4.79 Å². The second-order valence-corrected chi connectivity index (χ2v) is 6.32. The van der Waals surface area contributed by atoms with Gasteiger partial charge in [0.15, 0.2) is 0 Å². The maximum atomic E-state index is 13.0. The number of amides is 2. The van der Waals surface area contributed by atoms with Crippen molar-refractivity contribution in [2.75, 3.05) is 14.1 Å².